The second kappa shape index (κ2) is 10.8. The Labute approximate surface area is 192 Å². The van der Waals surface area contributed by atoms with Crippen LogP contribution in [0.2, 0.25) is 0 Å². The summed E-state index contributed by atoms with van der Waals surface area (Å²) in [6.07, 6.45) is 0. The van der Waals surface area contributed by atoms with Gasteiger partial charge in [-0.05, 0) is 36.1 Å². The van der Waals surface area contributed by atoms with E-state index in [9.17, 15) is 9.59 Å². The smallest absolute Gasteiger partial charge is 0.341 e. The molecule has 7 heteroatoms. The zero-order valence-electron chi connectivity index (χ0n) is 18.6. The molecule has 0 atom stereocenters. The van der Waals surface area contributed by atoms with Gasteiger partial charge in [-0.25, -0.2) is 4.79 Å². The molecule has 0 saturated carbocycles. The lowest BCUT2D eigenvalue weighted by Gasteiger charge is -2.11. The van der Waals surface area contributed by atoms with Gasteiger partial charge < -0.3 is 19.5 Å². The predicted molar refractivity (Wildman–Crippen MR) is 127 cm³/mol. The normalized spacial score (nSPS) is 10.7. The Morgan fingerprint density at radius 2 is 1.78 bits per heavy atom. The average Bonchev–Trinajstić information content (AvgIpc) is 3.21. The molecule has 32 heavy (non-hydrogen) atoms. The van der Waals surface area contributed by atoms with Gasteiger partial charge in [-0.15, -0.1) is 11.3 Å². The lowest BCUT2D eigenvalue weighted by molar-refractivity contribution is -0.118. The monoisotopic (exact) mass is 453 g/mol. The van der Waals surface area contributed by atoms with Crippen molar-refractivity contribution in [2.24, 2.45) is 0 Å². The molecular formula is C25H27NO5S. The number of ether oxygens (including phenoxy) is 3. The van der Waals surface area contributed by atoms with Gasteiger partial charge >= 0.3 is 5.97 Å². The van der Waals surface area contributed by atoms with E-state index in [4.69, 9.17) is 14.2 Å². The van der Waals surface area contributed by atoms with Crippen molar-refractivity contribution >= 4 is 28.2 Å². The van der Waals surface area contributed by atoms with Crippen molar-refractivity contribution in [3.8, 4) is 22.6 Å². The van der Waals surface area contributed by atoms with Crippen LogP contribution in [0.4, 0.5) is 5.00 Å². The molecule has 0 unspecified atom stereocenters. The van der Waals surface area contributed by atoms with Gasteiger partial charge in [-0.2, -0.15) is 0 Å². The molecular weight excluding hydrogens is 426 g/mol. The summed E-state index contributed by atoms with van der Waals surface area (Å²) in [5.41, 5.74) is 3.18. The summed E-state index contributed by atoms with van der Waals surface area (Å²) in [6, 6.07) is 15.1. The van der Waals surface area contributed by atoms with Gasteiger partial charge in [0.05, 0.1) is 13.7 Å². The molecule has 0 spiro atoms. The summed E-state index contributed by atoms with van der Waals surface area (Å²) in [5.74, 6) is 0.722. The molecule has 1 heterocycles. The van der Waals surface area contributed by atoms with Crippen molar-refractivity contribution in [3.63, 3.8) is 0 Å². The Balaban J connectivity index is 1.79. The Bertz CT molecular complexity index is 1070. The number of benzene rings is 2. The van der Waals surface area contributed by atoms with Crippen LogP contribution in [0.1, 0.15) is 42.6 Å². The number of thiophene rings is 1. The highest BCUT2D eigenvalue weighted by molar-refractivity contribution is 7.15. The molecule has 1 aromatic heterocycles. The highest BCUT2D eigenvalue weighted by atomic mass is 32.1. The van der Waals surface area contributed by atoms with Crippen LogP contribution in [0.5, 0.6) is 11.5 Å². The number of hydrogen-bond acceptors (Lipinski definition) is 6. The fourth-order valence-corrected chi connectivity index (χ4v) is 4.09. The zero-order chi connectivity index (χ0) is 23.1. The van der Waals surface area contributed by atoms with Crippen molar-refractivity contribution < 1.29 is 23.8 Å². The van der Waals surface area contributed by atoms with E-state index in [1.165, 1.54) is 16.9 Å². The number of methoxy groups -OCH3 is 1. The van der Waals surface area contributed by atoms with Crippen LogP contribution in [0.25, 0.3) is 11.1 Å². The van der Waals surface area contributed by atoms with E-state index in [-0.39, 0.29) is 19.1 Å². The Morgan fingerprint density at radius 1 is 1.06 bits per heavy atom. The van der Waals surface area contributed by atoms with Crippen LogP contribution in [0, 0.1) is 0 Å². The highest BCUT2D eigenvalue weighted by Crippen LogP contribution is 2.36. The van der Waals surface area contributed by atoms with Crippen LogP contribution < -0.4 is 14.8 Å². The summed E-state index contributed by atoms with van der Waals surface area (Å²) in [7, 11) is 1.56. The summed E-state index contributed by atoms with van der Waals surface area (Å²) in [4.78, 5) is 25.2. The Kier molecular flexibility index (Phi) is 7.89. The molecule has 0 aliphatic rings. The first kappa shape index (κ1) is 23.3. The maximum absolute atomic E-state index is 12.7. The Hall–Kier alpha value is -3.32. The predicted octanol–water partition coefficient (Wildman–Crippen LogP) is 5.74. The van der Waals surface area contributed by atoms with E-state index in [1.807, 2.05) is 29.6 Å². The largest absolute Gasteiger partial charge is 0.497 e. The van der Waals surface area contributed by atoms with Gasteiger partial charge in [-0.3, -0.25) is 4.79 Å². The van der Waals surface area contributed by atoms with Crippen LogP contribution >= 0.6 is 11.3 Å². The van der Waals surface area contributed by atoms with Crippen molar-refractivity contribution in [1.29, 1.82) is 0 Å². The fourth-order valence-electron chi connectivity index (χ4n) is 3.12. The van der Waals surface area contributed by atoms with Gasteiger partial charge in [-0.1, -0.05) is 44.2 Å². The molecule has 0 aliphatic heterocycles. The Morgan fingerprint density at radius 3 is 2.44 bits per heavy atom. The lowest BCUT2D eigenvalue weighted by atomic mass is 9.98. The van der Waals surface area contributed by atoms with E-state index >= 15 is 0 Å². The van der Waals surface area contributed by atoms with Crippen LogP contribution in [0.3, 0.4) is 0 Å². The number of hydrogen-bond donors (Lipinski definition) is 1. The summed E-state index contributed by atoms with van der Waals surface area (Å²) >= 11 is 1.28. The second-order valence-corrected chi connectivity index (χ2v) is 8.25. The van der Waals surface area contributed by atoms with Crippen LogP contribution in [-0.2, 0) is 9.53 Å². The van der Waals surface area contributed by atoms with Crippen molar-refractivity contribution in [1.82, 2.24) is 0 Å². The molecule has 0 bridgehead atoms. The molecule has 0 fully saturated rings. The third-order valence-electron chi connectivity index (χ3n) is 4.82. The molecule has 0 saturated heterocycles. The molecule has 2 aromatic carbocycles. The second-order valence-electron chi connectivity index (χ2n) is 7.37. The highest BCUT2D eigenvalue weighted by Gasteiger charge is 2.23. The number of esters is 1. The minimum absolute atomic E-state index is 0.203. The summed E-state index contributed by atoms with van der Waals surface area (Å²) in [6.45, 7) is 6.05. The van der Waals surface area contributed by atoms with E-state index < -0.39 is 5.97 Å². The molecule has 6 nitrogen and oxygen atoms in total. The van der Waals surface area contributed by atoms with Gasteiger partial charge in [0, 0.05) is 17.0 Å². The molecule has 0 radical (unpaired) electrons. The minimum atomic E-state index is -0.472. The van der Waals surface area contributed by atoms with Gasteiger partial charge in [0.1, 0.15) is 22.1 Å². The standard InChI is InChI=1S/C25H27NO5S/c1-5-30-25(28)23-21(18-11-9-17(10-12-18)16(2)3)15-32-24(23)26-22(27)14-31-20-8-6-7-19(13-20)29-4/h6-13,15-16H,5,14H2,1-4H3,(H,26,27). The first-order valence-electron chi connectivity index (χ1n) is 10.4. The maximum atomic E-state index is 12.7. The molecule has 168 valence electrons. The molecule has 1 N–H and O–H groups in total. The molecule has 3 aromatic rings. The number of carbonyl (C=O) groups is 2. The van der Waals surface area contributed by atoms with E-state index in [2.05, 4.69) is 19.2 Å². The van der Waals surface area contributed by atoms with Crippen LogP contribution in [0.15, 0.2) is 53.9 Å². The molecule has 3 rings (SSSR count). The fraction of sp³-hybridized carbons (Fsp3) is 0.280. The lowest BCUT2D eigenvalue weighted by Crippen LogP contribution is -2.21. The third kappa shape index (κ3) is 5.68. The van der Waals surface area contributed by atoms with Crippen molar-refractivity contribution in [3.05, 3.63) is 65.0 Å². The first-order valence-corrected chi connectivity index (χ1v) is 11.3. The van der Waals surface area contributed by atoms with Gasteiger partial charge in [0.15, 0.2) is 6.61 Å². The average molecular weight is 454 g/mol. The van der Waals surface area contributed by atoms with E-state index in [0.29, 0.717) is 28.0 Å². The molecule has 1 amide bonds. The quantitative estimate of drug-likeness (QED) is 0.418. The SMILES string of the molecule is CCOC(=O)c1c(-c2ccc(C(C)C)cc2)csc1NC(=O)COc1cccc(OC)c1. The van der Waals surface area contributed by atoms with Crippen molar-refractivity contribution in [2.75, 3.05) is 25.6 Å². The number of anilines is 1. The number of rotatable bonds is 9. The summed E-state index contributed by atoms with van der Waals surface area (Å²) in [5, 5.41) is 5.08. The van der Waals surface area contributed by atoms with E-state index in [1.54, 1.807) is 38.3 Å². The molecule has 0 aliphatic carbocycles. The summed E-state index contributed by atoms with van der Waals surface area (Å²) < 4.78 is 16.0. The van der Waals surface area contributed by atoms with Gasteiger partial charge in [0.25, 0.3) is 5.91 Å². The third-order valence-corrected chi connectivity index (χ3v) is 5.72. The minimum Gasteiger partial charge on any atom is -0.497 e. The number of nitrogens with one attached hydrogen (secondary N) is 1. The maximum Gasteiger partial charge on any atom is 0.341 e. The van der Waals surface area contributed by atoms with Crippen molar-refractivity contribution in [2.45, 2.75) is 26.7 Å². The first-order chi connectivity index (χ1) is 15.4. The van der Waals surface area contributed by atoms with E-state index in [0.717, 1.165) is 11.1 Å². The number of amides is 1. The van der Waals surface area contributed by atoms with Gasteiger partial charge in [0.2, 0.25) is 0 Å². The number of carbonyl (C=O) groups excluding carboxylic acids is 2. The zero-order valence-corrected chi connectivity index (χ0v) is 19.5. The van der Waals surface area contributed by atoms with Crippen LogP contribution in [-0.4, -0.2) is 32.2 Å². The topological polar surface area (TPSA) is 73.9 Å².